The average molecular weight is 590 g/mol. The van der Waals surface area contributed by atoms with E-state index in [9.17, 15) is 4.79 Å². The number of nitrogens with zero attached hydrogens (tertiary/aromatic N) is 3. The molecule has 2 aromatic heterocycles. The largest absolute Gasteiger partial charge is 0.495 e. The standard InChI is InChI=1S/C31H32ClN5O3S/c1-6-28(38)34-23-12-11-21(17-27(23)40-5)37-30(29(35-31(37)41)24-9-7-8-14-33-24)22-15-18(2)36(19(22)3)25-16-20(32)10-13-26(25)39-4/h7-17,29-30H,6H2,1-5H3,(H,34,38)(H,35,41)/t29-,30-/m1/s1. The van der Waals surface area contributed by atoms with Crippen LogP contribution in [0.25, 0.3) is 5.69 Å². The Morgan fingerprint density at radius 1 is 1.07 bits per heavy atom. The molecule has 0 unspecified atom stereocenters. The Morgan fingerprint density at radius 3 is 2.54 bits per heavy atom. The van der Waals surface area contributed by atoms with Gasteiger partial charge in [0, 0.05) is 40.8 Å². The molecular formula is C31H32ClN5O3S. The van der Waals surface area contributed by atoms with Crippen LogP contribution in [0.4, 0.5) is 11.4 Å². The number of aryl methyl sites for hydroxylation is 1. The smallest absolute Gasteiger partial charge is 0.224 e. The van der Waals surface area contributed by atoms with E-state index in [0.717, 1.165) is 39.8 Å². The van der Waals surface area contributed by atoms with Crippen LogP contribution in [0.2, 0.25) is 5.02 Å². The van der Waals surface area contributed by atoms with E-state index in [1.807, 2.05) is 61.5 Å². The molecule has 1 aliphatic rings. The molecule has 2 N–H and O–H groups in total. The Hall–Kier alpha value is -4.08. The van der Waals surface area contributed by atoms with Crippen LogP contribution in [0.3, 0.4) is 0 Å². The zero-order valence-corrected chi connectivity index (χ0v) is 25.1. The minimum atomic E-state index is -0.247. The predicted octanol–water partition coefficient (Wildman–Crippen LogP) is 6.69. The van der Waals surface area contributed by atoms with Gasteiger partial charge in [-0.1, -0.05) is 24.6 Å². The van der Waals surface area contributed by atoms with Crippen molar-refractivity contribution in [3.63, 3.8) is 0 Å². The van der Waals surface area contributed by atoms with Crippen LogP contribution in [0.1, 0.15) is 48.1 Å². The van der Waals surface area contributed by atoms with Crippen LogP contribution >= 0.6 is 23.8 Å². The summed E-state index contributed by atoms with van der Waals surface area (Å²) in [5.74, 6) is 1.17. The van der Waals surface area contributed by atoms with Crippen molar-refractivity contribution in [3.8, 4) is 17.2 Å². The molecule has 0 saturated carbocycles. The van der Waals surface area contributed by atoms with Crippen molar-refractivity contribution in [1.82, 2.24) is 14.9 Å². The van der Waals surface area contributed by atoms with E-state index in [4.69, 9.17) is 33.3 Å². The number of carbonyl (C=O) groups is 1. The molecule has 1 saturated heterocycles. The topological polar surface area (TPSA) is 80.7 Å². The molecular weight excluding hydrogens is 558 g/mol. The highest BCUT2D eigenvalue weighted by Gasteiger charge is 2.42. The maximum atomic E-state index is 12.1. The van der Waals surface area contributed by atoms with Crippen molar-refractivity contribution in [3.05, 3.63) is 94.5 Å². The normalized spacial score (nSPS) is 16.4. The van der Waals surface area contributed by atoms with Gasteiger partial charge in [-0.15, -0.1) is 0 Å². The van der Waals surface area contributed by atoms with Crippen molar-refractivity contribution in [2.45, 2.75) is 39.3 Å². The molecule has 0 radical (unpaired) electrons. The van der Waals surface area contributed by atoms with Gasteiger partial charge in [-0.05, 0) is 80.2 Å². The highest BCUT2D eigenvalue weighted by Crippen LogP contribution is 2.45. The van der Waals surface area contributed by atoms with Crippen molar-refractivity contribution in [2.75, 3.05) is 24.4 Å². The van der Waals surface area contributed by atoms with Crippen LogP contribution in [0.5, 0.6) is 11.5 Å². The molecule has 3 heterocycles. The molecule has 0 spiro atoms. The number of pyridine rings is 1. The fraction of sp³-hybridized carbons (Fsp3) is 0.258. The van der Waals surface area contributed by atoms with E-state index in [2.05, 4.69) is 45.0 Å². The molecule has 10 heteroatoms. The number of amides is 1. The molecule has 0 bridgehead atoms. The molecule has 0 aliphatic carbocycles. The second kappa shape index (κ2) is 11.8. The van der Waals surface area contributed by atoms with Gasteiger partial charge in [0.25, 0.3) is 0 Å². The number of nitrogens with one attached hydrogen (secondary N) is 2. The monoisotopic (exact) mass is 589 g/mol. The number of halogens is 1. The number of hydrogen-bond donors (Lipinski definition) is 2. The van der Waals surface area contributed by atoms with E-state index in [1.165, 1.54) is 0 Å². The minimum absolute atomic E-state index is 0.0913. The number of thiocarbonyl (C=S) groups is 1. The molecule has 41 heavy (non-hydrogen) atoms. The fourth-order valence-corrected chi connectivity index (χ4v) is 5.93. The number of hydrogen-bond acceptors (Lipinski definition) is 5. The highest BCUT2D eigenvalue weighted by molar-refractivity contribution is 7.80. The number of rotatable bonds is 8. The minimum Gasteiger partial charge on any atom is -0.495 e. The summed E-state index contributed by atoms with van der Waals surface area (Å²) in [4.78, 5) is 18.9. The van der Waals surface area contributed by atoms with E-state index in [-0.39, 0.29) is 18.0 Å². The molecule has 1 fully saturated rings. The van der Waals surface area contributed by atoms with E-state index < -0.39 is 0 Å². The Bertz CT molecular complexity index is 1610. The number of methoxy groups -OCH3 is 2. The molecule has 2 aromatic carbocycles. The van der Waals surface area contributed by atoms with Crippen LogP contribution in [-0.4, -0.2) is 34.8 Å². The van der Waals surface area contributed by atoms with Gasteiger partial charge in [0.05, 0.1) is 43.4 Å². The lowest BCUT2D eigenvalue weighted by atomic mass is 9.96. The Balaban J connectivity index is 1.67. The van der Waals surface area contributed by atoms with Gasteiger partial charge in [-0.25, -0.2) is 0 Å². The number of aromatic nitrogens is 2. The van der Waals surface area contributed by atoms with Gasteiger partial charge in [0.2, 0.25) is 5.91 Å². The summed E-state index contributed by atoms with van der Waals surface area (Å²) < 4.78 is 13.5. The third kappa shape index (κ3) is 5.35. The first-order valence-electron chi connectivity index (χ1n) is 13.3. The number of anilines is 2. The summed E-state index contributed by atoms with van der Waals surface area (Å²) in [6.45, 7) is 5.95. The van der Waals surface area contributed by atoms with Crippen LogP contribution in [0, 0.1) is 13.8 Å². The number of benzene rings is 2. The second-order valence-electron chi connectivity index (χ2n) is 9.76. The average Bonchev–Trinajstić information content (AvgIpc) is 3.48. The fourth-order valence-electron chi connectivity index (χ4n) is 5.42. The summed E-state index contributed by atoms with van der Waals surface area (Å²) in [7, 11) is 3.24. The molecule has 212 valence electrons. The Labute approximate surface area is 250 Å². The third-order valence-electron chi connectivity index (χ3n) is 7.33. The van der Waals surface area contributed by atoms with Gasteiger partial charge in [0.1, 0.15) is 11.5 Å². The van der Waals surface area contributed by atoms with Crippen molar-refractivity contribution in [2.24, 2.45) is 0 Å². The molecule has 1 aliphatic heterocycles. The van der Waals surface area contributed by atoms with Crippen LogP contribution in [0.15, 0.2) is 66.9 Å². The van der Waals surface area contributed by atoms with Gasteiger partial charge in [-0.3, -0.25) is 9.78 Å². The lowest BCUT2D eigenvalue weighted by molar-refractivity contribution is -0.115. The van der Waals surface area contributed by atoms with E-state index in [1.54, 1.807) is 20.4 Å². The van der Waals surface area contributed by atoms with Crippen molar-refractivity contribution < 1.29 is 14.3 Å². The number of carbonyl (C=O) groups excluding carboxylic acids is 1. The van der Waals surface area contributed by atoms with Gasteiger partial charge < -0.3 is 29.6 Å². The lowest BCUT2D eigenvalue weighted by Gasteiger charge is -2.29. The van der Waals surface area contributed by atoms with E-state index >= 15 is 0 Å². The zero-order valence-electron chi connectivity index (χ0n) is 23.6. The molecule has 2 atom stereocenters. The van der Waals surface area contributed by atoms with Crippen LogP contribution in [-0.2, 0) is 4.79 Å². The van der Waals surface area contributed by atoms with Gasteiger partial charge >= 0.3 is 0 Å². The molecule has 1 amide bonds. The summed E-state index contributed by atoms with van der Waals surface area (Å²) in [6, 6.07) is 18.8. The molecule has 5 rings (SSSR count). The summed E-state index contributed by atoms with van der Waals surface area (Å²) in [5, 5.41) is 7.60. The maximum absolute atomic E-state index is 12.1. The predicted molar refractivity (Wildman–Crippen MR) is 167 cm³/mol. The molecule has 4 aromatic rings. The molecule has 8 nitrogen and oxygen atoms in total. The first kappa shape index (κ1) is 28.4. The second-order valence-corrected chi connectivity index (χ2v) is 10.6. The highest BCUT2D eigenvalue weighted by atomic mass is 35.5. The summed E-state index contributed by atoms with van der Waals surface area (Å²) in [5.41, 5.74) is 6.25. The third-order valence-corrected chi connectivity index (χ3v) is 7.88. The first-order valence-corrected chi connectivity index (χ1v) is 14.1. The van der Waals surface area contributed by atoms with Crippen LogP contribution < -0.4 is 25.0 Å². The number of ether oxygens (including phenoxy) is 2. The Kier molecular flexibility index (Phi) is 8.19. The SMILES string of the molecule is CCC(=O)Nc1ccc(N2C(=S)N[C@H](c3ccccn3)[C@H]2c2cc(C)n(-c3cc(Cl)ccc3OC)c2C)cc1OC. The first-order chi connectivity index (χ1) is 19.8. The lowest BCUT2D eigenvalue weighted by Crippen LogP contribution is -2.29. The maximum Gasteiger partial charge on any atom is 0.224 e. The van der Waals surface area contributed by atoms with Gasteiger partial charge in [-0.2, -0.15) is 0 Å². The summed E-state index contributed by atoms with van der Waals surface area (Å²) in [6.07, 6.45) is 2.15. The van der Waals surface area contributed by atoms with Gasteiger partial charge in [0.15, 0.2) is 5.11 Å². The summed E-state index contributed by atoms with van der Waals surface area (Å²) >= 11 is 12.4. The Morgan fingerprint density at radius 2 is 1.85 bits per heavy atom. The van der Waals surface area contributed by atoms with E-state index in [0.29, 0.717) is 28.0 Å². The van der Waals surface area contributed by atoms with Crippen molar-refractivity contribution in [1.29, 1.82) is 0 Å². The quantitative estimate of drug-likeness (QED) is 0.222. The van der Waals surface area contributed by atoms with Crippen molar-refractivity contribution >= 4 is 46.2 Å². The zero-order chi connectivity index (χ0) is 29.3.